The van der Waals surface area contributed by atoms with Gasteiger partial charge in [0.15, 0.2) is 0 Å². The summed E-state index contributed by atoms with van der Waals surface area (Å²) in [6, 6.07) is 5.27. The van der Waals surface area contributed by atoms with Gasteiger partial charge >= 0.3 is 5.97 Å². The van der Waals surface area contributed by atoms with E-state index in [9.17, 15) is 4.79 Å². The Bertz CT molecular complexity index is 421. The van der Waals surface area contributed by atoms with Crippen molar-refractivity contribution in [3.05, 3.63) is 28.8 Å². The lowest BCUT2D eigenvalue weighted by atomic mass is 10.0. The highest BCUT2D eigenvalue weighted by molar-refractivity contribution is 7.80. The number of nitrogens with zero attached hydrogens (tertiary/aromatic N) is 1. The molecule has 14 heavy (non-hydrogen) atoms. The minimum Gasteiger partial charge on any atom is -0.481 e. The summed E-state index contributed by atoms with van der Waals surface area (Å²) in [7, 11) is 0. The van der Waals surface area contributed by atoms with Gasteiger partial charge in [-0.05, 0) is 24.1 Å². The third kappa shape index (κ3) is 2.06. The van der Waals surface area contributed by atoms with Crippen molar-refractivity contribution in [3.63, 3.8) is 0 Å². The summed E-state index contributed by atoms with van der Waals surface area (Å²) in [5, 5.41) is 17.3. The molecular formula is C10H9NO2S. The molecule has 0 saturated carbocycles. The average Bonchev–Trinajstić information content (AvgIpc) is 2.13. The number of rotatable bonds is 2. The first-order chi connectivity index (χ1) is 6.56. The van der Waals surface area contributed by atoms with Gasteiger partial charge in [-0.15, -0.1) is 12.6 Å². The molecule has 0 aliphatic heterocycles. The number of hydrogen-bond donors (Lipinski definition) is 2. The van der Waals surface area contributed by atoms with Crippen LogP contribution >= 0.6 is 12.6 Å². The molecule has 0 atom stereocenters. The Morgan fingerprint density at radius 1 is 1.64 bits per heavy atom. The lowest BCUT2D eigenvalue weighted by Crippen LogP contribution is -2.02. The fourth-order valence-electron chi connectivity index (χ4n) is 1.18. The van der Waals surface area contributed by atoms with Gasteiger partial charge in [0, 0.05) is 4.90 Å². The first-order valence-electron chi connectivity index (χ1n) is 3.99. The van der Waals surface area contributed by atoms with Crippen molar-refractivity contribution >= 4 is 18.6 Å². The van der Waals surface area contributed by atoms with Gasteiger partial charge in [0.2, 0.25) is 0 Å². The normalized spacial score (nSPS) is 9.50. The van der Waals surface area contributed by atoms with Crippen LogP contribution in [0.3, 0.4) is 0 Å². The van der Waals surface area contributed by atoms with E-state index in [0.29, 0.717) is 16.0 Å². The van der Waals surface area contributed by atoms with Crippen molar-refractivity contribution in [1.82, 2.24) is 0 Å². The van der Waals surface area contributed by atoms with Gasteiger partial charge in [0.05, 0.1) is 18.1 Å². The highest BCUT2D eigenvalue weighted by atomic mass is 32.1. The van der Waals surface area contributed by atoms with Gasteiger partial charge in [-0.3, -0.25) is 4.79 Å². The lowest BCUT2D eigenvalue weighted by molar-refractivity contribution is -0.136. The van der Waals surface area contributed by atoms with Crippen molar-refractivity contribution < 1.29 is 9.90 Å². The van der Waals surface area contributed by atoms with Gasteiger partial charge in [-0.1, -0.05) is 6.07 Å². The highest BCUT2D eigenvalue weighted by Crippen LogP contribution is 2.22. The standard InChI is InChI=1S/C10H9NO2S/c1-6-8(5-11)3-2-7(10(6)14)4-9(12)13/h2-3,14H,4H2,1H3,(H,12,13). The molecule has 0 radical (unpaired) electrons. The van der Waals surface area contributed by atoms with Gasteiger partial charge in [0.1, 0.15) is 0 Å². The second-order valence-corrected chi connectivity index (χ2v) is 3.38. The van der Waals surface area contributed by atoms with E-state index in [1.807, 2.05) is 6.07 Å². The van der Waals surface area contributed by atoms with Gasteiger partial charge in [-0.25, -0.2) is 0 Å². The van der Waals surface area contributed by atoms with E-state index in [1.54, 1.807) is 19.1 Å². The van der Waals surface area contributed by atoms with E-state index in [4.69, 9.17) is 10.4 Å². The third-order valence-electron chi connectivity index (χ3n) is 1.98. The molecule has 0 spiro atoms. The quantitative estimate of drug-likeness (QED) is 0.727. The van der Waals surface area contributed by atoms with E-state index in [-0.39, 0.29) is 6.42 Å². The molecule has 1 aromatic carbocycles. The van der Waals surface area contributed by atoms with Crippen molar-refractivity contribution in [2.45, 2.75) is 18.2 Å². The van der Waals surface area contributed by atoms with Crippen molar-refractivity contribution in [2.75, 3.05) is 0 Å². The maximum Gasteiger partial charge on any atom is 0.307 e. The number of carboxylic acid groups (broad SMARTS) is 1. The molecule has 0 heterocycles. The molecule has 1 N–H and O–H groups in total. The van der Waals surface area contributed by atoms with Crippen LogP contribution in [0.5, 0.6) is 0 Å². The van der Waals surface area contributed by atoms with Crippen LogP contribution in [0.25, 0.3) is 0 Å². The van der Waals surface area contributed by atoms with E-state index in [2.05, 4.69) is 12.6 Å². The molecule has 0 amide bonds. The van der Waals surface area contributed by atoms with E-state index < -0.39 is 5.97 Å². The SMILES string of the molecule is Cc1c(C#N)ccc(CC(=O)O)c1S. The van der Waals surface area contributed by atoms with Crippen molar-refractivity contribution in [2.24, 2.45) is 0 Å². The van der Waals surface area contributed by atoms with Gasteiger partial charge in [-0.2, -0.15) is 5.26 Å². The van der Waals surface area contributed by atoms with Crippen molar-refractivity contribution in [3.8, 4) is 6.07 Å². The summed E-state index contributed by atoms with van der Waals surface area (Å²) in [6.45, 7) is 1.76. The minimum atomic E-state index is -0.899. The maximum absolute atomic E-state index is 10.5. The Balaban J connectivity index is 3.18. The van der Waals surface area contributed by atoms with Crippen LogP contribution in [0.4, 0.5) is 0 Å². The number of carboxylic acids is 1. The number of thiol groups is 1. The van der Waals surface area contributed by atoms with Crippen LogP contribution in [0, 0.1) is 18.3 Å². The van der Waals surface area contributed by atoms with Gasteiger partial charge in [0.25, 0.3) is 0 Å². The van der Waals surface area contributed by atoms with E-state index in [1.165, 1.54) is 0 Å². The molecule has 4 heteroatoms. The zero-order valence-corrected chi connectivity index (χ0v) is 8.51. The number of benzene rings is 1. The molecule has 0 aliphatic rings. The Kier molecular flexibility index (Phi) is 3.15. The summed E-state index contributed by atoms with van der Waals surface area (Å²) >= 11 is 4.20. The predicted octanol–water partition coefficient (Wildman–Crippen LogP) is 1.78. The van der Waals surface area contributed by atoms with Crippen molar-refractivity contribution in [1.29, 1.82) is 5.26 Å². The molecule has 0 aromatic heterocycles. The fraction of sp³-hybridized carbons (Fsp3) is 0.200. The lowest BCUT2D eigenvalue weighted by Gasteiger charge is -2.06. The molecule has 0 aliphatic carbocycles. The monoisotopic (exact) mass is 207 g/mol. The molecule has 0 fully saturated rings. The summed E-state index contributed by atoms with van der Waals surface area (Å²) in [6.07, 6.45) is -0.0641. The summed E-state index contributed by atoms with van der Waals surface area (Å²) < 4.78 is 0. The molecule has 1 aromatic rings. The molecular weight excluding hydrogens is 198 g/mol. The average molecular weight is 207 g/mol. The Morgan fingerprint density at radius 2 is 2.29 bits per heavy atom. The molecule has 1 rings (SSSR count). The van der Waals surface area contributed by atoms with Crippen LogP contribution in [0.2, 0.25) is 0 Å². The highest BCUT2D eigenvalue weighted by Gasteiger charge is 2.09. The Hall–Kier alpha value is -1.47. The second kappa shape index (κ2) is 4.16. The Morgan fingerprint density at radius 3 is 2.79 bits per heavy atom. The number of aliphatic carboxylic acids is 1. The third-order valence-corrected chi connectivity index (χ3v) is 2.60. The number of carbonyl (C=O) groups is 1. The molecule has 0 bridgehead atoms. The van der Waals surface area contributed by atoms with Crippen LogP contribution in [0.15, 0.2) is 17.0 Å². The van der Waals surface area contributed by atoms with E-state index in [0.717, 1.165) is 5.56 Å². The topological polar surface area (TPSA) is 61.1 Å². The van der Waals surface area contributed by atoms with Crippen LogP contribution in [0.1, 0.15) is 16.7 Å². The Labute approximate surface area is 87.4 Å². The van der Waals surface area contributed by atoms with Crippen LogP contribution < -0.4 is 0 Å². The first kappa shape index (κ1) is 10.6. The zero-order chi connectivity index (χ0) is 10.7. The molecule has 0 unspecified atom stereocenters. The number of hydrogen-bond acceptors (Lipinski definition) is 3. The molecule has 0 saturated heterocycles. The number of nitriles is 1. The minimum absolute atomic E-state index is 0.0641. The summed E-state index contributed by atoms with van der Waals surface area (Å²) in [5.74, 6) is -0.899. The summed E-state index contributed by atoms with van der Waals surface area (Å²) in [5.41, 5.74) is 1.90. The predicted molar refractivity (Wildman–Crippen MR) is 54.5 cm³/mol. The molecule has 3 nitrogen and oxygen atoms in total. The zero-order valence-electron chi connectivity index (χ0n) is 7.61. The van der Waals surface area contributed by atoms with Crippen LogP contribution in [-0.2, 0) is 11.2 Å². The maximum atomic E-state index is 10.5. The van der Waals surface area contributed by atoms with Crippen LogP contribution in [-0.4, -0.2) is 11.1 Å². The second-order valence-electron chi connectivity index (χ2n) is 2.93. The smallest absolute Gasteiger partial charge is 0.307 e. The fourth-order valence-corrected chi connectivity index (χ4v) is 1.46. The van der Waals surface area contributed by atoms with Gasteiger partial charge < -0.3 is 5.11 Å². The largest absolute Gasteiger partial charge is 0.481 e. The van der Waals surface area contributed by atoms with E-state index >= 15 is 0 Å². The first-order valence-corrected chi connectivity index (χ1v) is 4.44. The summed E-state index contributed by atoms with van der Waals surface area (Å²) in [4.78, 5) is 11.1. The molecule has 72 valence electrons.